The van der Waals surface area contributed by atoms with Crippen molar-refractivity contribution in [1.29, 1.82) is 0 Å². The van der Waals surface area contributed by atoms with E-state index in [9.17, 15) is 15.0 Å². The standard InChI is InChI=1S/C17H16ClNO3S/c1-9-3-11(8-23-9)7-19-10(2)12(5-17(21)22)13-4-16(20)14(18)6-15(13)19/h3-4,6,8,20H,5,7H2,1-2H3,(H,21,22). The van der Waals surface area contributed by atoms with Gasteiger partial charge < -0.3 is 14.8 Å². The average molecular weight is 350 g/mol. The summed E-state index contributed by atoms with van der Waals surface area (Å²) in [4.78, 5) is 12.4. The molecule has 4 nitrogen and oxygen atoms in total. The van der Waals surface area contributed by atoms with E-state index in [2.05, 4.69) is 22.9 Å². The molecule has 2 aromatic heterocycles. The first kappa shape index (κ1) is 15.9. The highest BCUT2D eigenvalue weighted by molar-refractivity contribution is 7.10. The van der Waals surface area contributed by atoms with Crippen molar-refractivity contribution in [2.45, 2.75) is 26.8 Å². The normalized spacial score (nSPS) is 11.3. The zero-order chi connectivity index (χ0) is 16.7. The first-order chi connectivity index (χ1) is 10.9. The van der Waals surface area contributed by atoms with Crippen LogP contribution >= 0.6 is 22.9 Å². The zero-order valence-electron chi connectivity index (χ0n) is 12.8. The number of nitrogens with zero attached hydrogens (tertiary/aromatic N) is 1. The molecule has 6 heteroatoms. The SMILES string of the molecule is Cc1cc(Cn2c(C)c(CC(=O)O)c3cc(O)c(Cl)cc32)cs1. The van der Waals surface area contributed by atoms with E-state index in [1.807, 2.05) is 6.92 Å². The van der Waals surface area contributed by atoms with Crippen LogP contribution in [0.25, 0.3) is 10.9 Å². The van der Waals surface area contributed by atoms with Crippen LogP contribution in [-0.2, 0) is 17.8 Å². The number of thiophene rings is 1. The Morgan fingerprint density at radius 1 is 1.30 bits per heavy atom. The Labute approximate surface area is 142 Å². The van der Waals surface area contributed by atoms with E-state index in [4.69, 9.17) is 11.6 Å². The Morgan fingerprint density at radius 2 is 2.04 bits per heavy atom. The number of carboxylic acids is 1. The second-order valence-electron chi connectivity index (χ2n) is 5.61. The second kappa shape index (κ2) is 5.91. The Kier molecular flexibility index (Phi) is 4.08. The maximum absolute atomic E-state index is 11.2. The van der Waals surface area contributed by atoms with Crippen molar-refractivity contribution < 1.29 is 15.0 Å². The minimum atomic E-state index is -0.895. The largest absolute Gasteiger partial charge is 0.506 e. The van der Waals surface area contributed by atoms with Crippen molar-refractivity contribution in [3.8, 4) is 5.75 Å². The number of aliphatic carboxylic acids is 1. The molecule has 2 heterocycles. The Hall–Kier alpha value is -1.98. The maximum Gasteiger partial charge on any atom is 0.307 e. The molecular weight excluding hydrogens is 334 g/mol. The summed E-state index contributed by atoms with van der Waals surface area (Å²) in [6.45, 7) is 4.61. The number of carboxylic acid groups (broad SMARTS) is 1. The minimum Gasteiger partial charge on any atom is -0.506 e. The number of phenols is 1. The van der Waals surface area contributed by atoms with Gasteiger partial charge in [-0.1, -0.05) is 11.6 Å². The van der Waals surface area contributed by atoms with Crippen molar-refractivity contribution in [3.05, 3.63) is 50.3 Å². The first-order valence-electron chi connectivity index (χ1n) is 7.12. The summed E-state index contributed by atoms with van der Waals surface area (Å²) in [5, 5.41) is 22.2. The van der Waals surface area contributed by atoms with Gasteiger partial charge in [-0.15, -0.1) is 11.3 Å². The molecule has 120 valence electrons. The van der Waals surface area contributed by atoms with E-state index in [-0.39, 0.29) is 17.2 Å². The number of aryl methyl sites for hydroxylation is 1. The maximum atomic E-state index is 11.2. The minimum absolute atomic E-state index is 0.0330. The third-order valence-corrected chi connectivity index (χ3v) is 5.19. The van der Waals surface area contributed by atoms with E-state index in [0.29, 0.717) is 12.1 Å². The fourth-order valence-electron chi connectivity index (χ4n) is 2.90. The molecule has 0 radical (unpaired) electrons. The van der Waals surface area contributed by atoms with Crippen LogP contribution in [0.2, 0.25) is 5.02 Å². The summed E-state index contributed by atoms with van der Waals surface area (Å²) in [5.41, 5.74) is 3.60. The molecule has 0 aliphatic heterocycles. The molecule has 3 rings (SSSR count). The van der Waals surface area contributed by atoms with Gasteiger partial charge in [0, 0.05) is 22.5 Å². The smallest absolute Gasteiger partial charge is 0.307 e. The summed E-state index contributed by atoms with van der Waals surface area (Å²) in [7, 11) is 0. The number of hydrogen-bond acceptors (Lipinski definition) is 3. The van der Waals surface area contributed by atoms with Crippen LogP contribution in [0.3, 0.4) is 0 Å². The lowest BCUT2D eigenvalue weighted by Crippen LogP contribution is -2.04. The van der Waals surface area contributed by atoms with Crippen LogP contribution in [0.5, 0.6) is 5.75 Å². The number of benzene rings is 1. The number of carbonyl (C=O) groups is 1. The van der Waals surface area contributed by atoms with Crippen molar-refractivity contribution in [1.82, 2.24) is 4.57 Å². The van der Waals surface area contributed by atoms with Gasteiger partial charge in [-0.3, -0.25) is 4.79 Å². The lowest BCUT2D eigenvalue weighted by Gasteiger charge is -2.08. The molecule has 0 aliphatic rings. The van der Waals surface area contributed by atoms with Gasteiger partial charge in [0.2, 0.25) is 0 Å². The van der Waals surface area contributed by atoms with E-state index in [1.54, 1.807) is 23.5 Å². The number of fused-ring (bicyclic) bond motifs is 1. The third-order valence-electron chi connectivity index (χ3n) is 3.98. The molecule has 0 atom stereocenters. The average Bonchev–Trinajstić information content (AvgIpc) is 2.98. The fraction of sp³-hybridized carbons (Fsp3) is 0.235. The van der Waals surface area contributed by atoms with Gasteiger partial charge in [-0.2, -0.15) is 0 Å². The molecular formula is C17H16ClNO3S. The van der Waals surface area contributed by atoms with Gasteiger partial charge in [-0.05, 0) is 48.6 Å². The molecule has 0 aliphatic carbocycles. The molecule has 0 saturated heterocycles. The number of aromatic hydroxyl groups is 1. The number of phenolic OH excluding ortho intramolecular Hbond substituents is 1. The van der Waals surface area contributed by atoms with Crippen molar-refractivity contribution in [3.63, 3.8) is 0 Å². The highest BCUT2D eigenvalue weighted by Crippen LogP contribution is 2.35. The quantitative estimate of drug-likeness (QED) is 0.735. The third kappa shape index (κ3) is 2.94. The summed E-state index contributed by atoms with van der Waals surface area (Å²) in [5.74, 6) is -0.928. The van der Waals surface area contributed by atoms with Gasteiger partial charge in [-0.25, -0.2) is 0 Å². The molecule has 1 aromatic carbocycles. The molecule has 0 fully saturated rings. The fourth-order valence-corrected chi connectivity index (χ4v) is 3.75. The van der Waals surface area contributed by atoms with Crippen LogP contribution in [0, 0.1) is 13.8 Å². The van der Waals surface area contributed by atoms with Crippen LogP contribution in [0.4, 0.5) is 0 Å². The highest BCUT2D eigenvalue weighted by Gasteiger charge is 2.18. The molecule has 0 saturated carbocycles. The molecule has 23 heavy (non-hydrogen) atoms. The lowest BCUT2D eigenvalue weighted by molar-refractivity contribution is -0.136. The van der Waals surface area contributed by atoms with Crippen LogP contribution in [-0.4, -0.2) is 20.7 Å². The van der Waals surface area contributed by atoms with E-state index < -0.39 is 5.97 Å². The summed E-state index contributed by atoms with van der Waals surface area (Å²) in [6, 6.07) is 5.37. The van der Waals surface area contributed by atoms with Crippen molar-refractivity contribution >= 4 is 39.8 Å². The number of aromatic nitrogens is 1. The zero-order valence-corrected chi connectivity index (χ0v) is 14.3. The predicted molar refractivity (Wildman–Crippen MR) is 92.8 cm³/mol. The van der Waals surface area contributed by atoms with Gasteiger partial charge >= 0.3 is 5.97 Å². The van der Waals surface area contributed by atoms with Crippen LogP contribution < -0.4 is 0 Å². The molecule has 0 spiro atoms. The molecule has 3 aromatic rings. The van der Waals surface area contributed by atoms with E-state index in [0.717, 1.165) is 16.6 Å². The molecule has 2 N–H and O–H groups in total. The molecule has 0 amide bonds. The highest BCUT2D eigenvalue weighted by atomic mass is 35.5. The van der Waals surface area contributed by atoms with Crippen molar-refractivity contribution in [2.75, 3.05) is 0 Å². The lowest BCUT2D eigenvalue weighted by atomic mass is 10.1. The Bertz CT molecular complexity index is 910. The number of rotatable bonds is 4. The van der Waals surface area contributed by atoms with Gasteiger partial charge in [0.25, 0.3) is 0 Å². The molecule has 0 unspecified atom stereocenters. The monoisotopic (exact) mass is 349 g/mol. The second-order valence-corrected chi connectivity index (χ2v) is 7.13. The van der Waals surface area contributed by atoms with Gasteiger partial charge in [0.15, 0.2) is 0 Å². The van der Waals surface area contributed by atoms with Gasteiger partial charge in [0.05, 0.1) is 17.0 Å². The summed E-state index contributed by atoms with van der Waals surface area (Å²) < 4.78 is 2.06. The molecule has 0 bridgehead atoms. The van der Waals surface area contributed by atoms with Crippen LogP contribution in [0.15, 0.2) is 23.6 Å². The first-order valence-corrected chi connectivity index (χ1v) is 8.38. The number of hydrogen-bond donors (Lipinski definition) is 2. The van der Waals surface area contributed by atoms with E-state index >= 15 is 0 Å². The van der Waals surface area contributed by atoms with Crippen LogP contribution in [0.1, 0.15) is 21.7 Å². The van der Waals surface area contributed by atoms with Gasteiger partial charge in [0.1, 0.15) is 5.75 Å². The summed E-state index contributed by atoms with van der Waals surface area (Å²) >= 11 is 7.74. The van der Waals surface area contributed by atoms with Crippen molar-refractivity contribution in [2.24, 2.45) is 0 Å². The Morgan fingerprint density at radius 3 is 2.65 bits per heavy atom. The number of halogens is 1. The topological polar surface area (TPSA) is 62.5 Å². The Balaban J connectivity index is 2.21. The van der Waals surface area contributed by atoms with E-state index in [1.165, 1.54) is 10.4 Å². The summed E-state index contributed by atoms with van der Waals surface area (Å²) in [6.07, 6.45) is -0.0843. The predicted octanol–water partition coefficient (Wildman–Crippen LogP) is 4.35.